The predicted octanol–water partition coefficient (Wildman–Crippen LogP) is 21.5. The molecule has 0 bridgehead atoms. The zero-order valence-electron chi connectivity index (χ0n) is 46.9. The van der Waals surface area contributed by atoms with Crippen molar-refractivity contribution in [3.63, 3.8) is 0 Å². The zero-order chi connectivity index (χ0) is 52.4. The summed E-state index contributed by atoms with van der Waals surface area (Å²) >= 11 is -5.44. The molecule has 0 fully saturated rings. The first-order chi connectivity index (χ1) is 33.7. The summed E-state index contributed by atoms with van der Waals surface area (Å²) in [6.45, 7) is 37.4. The summed E-state index contributed by atoms with van der Waals surface area (Å²) < 4.78 is -0.109. The molecular weight excluding hydrogens is 1010 g/mol. The first-order valence-electron chi connectivity index (χ1n) is 27.4. The Morgan fingerprint density at radius 2 is 0.639 bits per heavy atom. The quantitative estimate of drug-likeness (QED) is 0.101. The molecule has 2 unspecified atom stereocenters. The number of rotatable bonds is 13. The second-order valence-electron chi connectivity index (χ2n) is 26.2. The van der Waals surface area contributed by atoms with Gasteiger partial charge in [0.2, 0.25) is 0 Å². The van der Waals surface area contributed by atoms with Crippen LogP contribution in [0.5, 0.6) is 0 Å². The van der Waals surface area contributed by atoms with Crippen LogP contribution in [0, 0.1) is 0 Å². The van der Waals surface area contributed by atoms with Gasteiger partial charge in [0.1, 0.15) is 0 Å². The molecule has 0 heterocycles. The van der Waals surface area contributed by atoms with Crippen LogP contribution >= 0.6 is 17.0 Å². The van der Waals surface area contributed by atoms with Crippen molar-refractivity contribution in [2.45, 2.75) is 177 Å². The monoisotopic (exact) mass is 1090 g/mol. The summed E-state index contributed by atoms with van der Waals surface area (Å²) in [6.07, 6.45) is 11.6. The summed E-state index contributed by atoms with van der Waals surface area (Å²) in [5, 5.41) is 0. The van der Waals surface area contributed by atoms with Crippen LogP contribution < -0.4 is 0 Å². The van der Waals surface area contributed by atoms with E-state index in [0.717, 1.165) is 38.5 Å². The fourth-order valence-electron chi connectivity index (χ4n) is 12.0. The van der Waals surface area contributed by atoms with Crippen LogP contribution in [0.25, 0.3) is 56.7 Å². The van der Waals surface area contributed by atoms with Gasteiger partial charge in [-0.2, -0.15) is 0 Å². The third kappa shape index (κ3) is 10.3. The normalized spacial score (nSPS) is 16.8. The van der Waals surface area contributed by atoms with E-state index >= 15 is 0 Å². The second kappa shape index (κ2) is 20.2. The maximum absolute atomic E-state index is 9.53. The van der Waals surface area contributed by atoms with Gasteiger partial charge in [-0.3, -0.25) is 0 Å². The number of hydrogen-bond donors (Lipinski definition) is 0. The summed E-state index contributed by atoms with van der Waals surface area (Å²) in [7, 11) is 19.1. The Bertz CT molecular complexity index is 2790. The third-order valence-corrected chi connectivity index (χ3v) is 68.4. The Hall–Kier alpha value is -3.52. The first-order valence-corrected chi connectivity index (χ1v) is 43.7. The minimum absolute atomic E-state index is 0.0431. The van der Waals surface area contributed by atoms with Crippen molar-refractivity contribution >= 4 is 35.1 Å². The van der Waals surface area contributed by atoms with E-state index in [4.69, 9.17) is 0 Å². The molecule has 0 aliphatic heterocycles. The SMILES string of the molecule is CCCCC1=Cc2c(-c3ccc(C(C)(C)C)cc3)ccc(-c3ccc(C(C)(C)C)cc3)c2[CH]1[Zr]([Cl])([Cl])([CH]1C(CCCC)=Cc2c(-c3ccc(C(C)(C)C)cc3)ccc(-c3ccc(C(C)(C)C)cc3)c21)[SiH](C)C. The number of halogens is 2. The predicted molar refractivity (Wildman–Crippen MR) is 320 cm³/mol. The Morgan fingerprint density at radius 1 is 0.389 bits per heavy atom. The standard InChI is InChI=1S/2C33H39.C2H7Si.2ClH.Zr/c2*1-8-9-10-23-21-30-28(24-11-15-26(16-12-24)32(2,3)4)19-20-29(31(30)22-23)25-13-17-27(18-14-25)33(5,6)7;1-3-2;;;/h2*11-22H,8-10H2,1-7H3;3H,1-2H3;2*1H;/q;;;;;+2/p-2. The maximum atomic E-state index is 9.53. The first kappa shape index (κ1) is 54.7. The molecular formula is C68H85Cl2SiZr. The number of fused-ring (bicyclic) bond motifs is 2. The molecule has 8 rings (SSSR count). The summed E-state index contributed by atoms with van der Waals surface area (Å²) in [5.41, 5.74) is 24.0. The molecule has 0 radical (unpaired) electrons. The second-order valence-corrected chi connectivity index (χ2v) is 68.7. The van der Waals surface area contributed by atoms with E-state index in [9.17, 15) is 17.0 Å². The molecule has 4 heteroatoms. The average Bonchev–Trinajstić information content (AvgIpc) is 3.92. The molecule has 0 nitrogen and oxygen atoms in total. The van der Waals surface area contributed by atoms with E-state index in [2.05, 4.69) is 244 Å². The molecule has 0 N–H and O–H groups in total. The van der Waals surface area contributed by atoms with Gasteiger partial charge in [-0.1, -0.05) is 0 Å². The molecule has 6 aromatic carbocycles. The molecule has 72 heavy (non-hydrogen) atoms. The fraction of sp³-hybridized carbons (Fsp3) is 0.412. The van der Waals surface area contributed by atoms with Crippen molar-refractivity contribution in [2.75, 3.05) is 0 Å². The fourth-order valence-corrected chi connectivity index (χ4v) is 43.2. The van der Waals surface area contributed by atoms with E-state index < -0.39 is 21.5 Å². The van der Waals surface area contributed by atoms with Gasteiger partial charge in [-0.25, -0.2) is 0 Å². The van der Waals surface area contributed by atoms with Crippen molar-refractivity contribution in [2.24, 2.45) is 0 Å². The molecule has 0 aromatic heterocycles. The summed E-state index contributed by atoms with van der Waals surface area (Å²) in [6, 6.07) is 47.4. The van der Waals surface area contributed by atoms with Crippen LogP contribution in [0.2, 0.25) is 13.1 Å². The zero-order valence-corrected chi connectivity index (χ0v) is 52.1. The van der Waals surface area contributed by atoms with Crippen molar-refractivity contribution in [3.05, 3.63) is 177 Å². The minimum atomic E-state index is -5.44. The average molecular weight is 1090 g/mol. The number of hydrogen-bond acceptors (Lipinski definition) is 0. The van der Waals surface area contributed by atoms with Crippen LogP contribution in [-0.2, 0) is 37.2 Å². The van der Waals surface area contributed by atoms with Crippen LogP contribution in [-0.4, -0.2) is 5.92 Å². The van der Waals surface area contributed by atoms with Gasteiger partial charge in [0.25, 0.3) is 0 Å². The van der Waals surface area contributed by atoms with E-state index in [-0.39, 0.29) is 28.9 Å². The Kier molecular flexibility index (Phi) is 15.4. The third-order valence-electron chi connectivity index (χ3n) is 16.6. The molecule has 0 amide bonds. The van der Waals surface area contributed by atoms with Crippen molar-refractivity contribution in [1.82, 2.24) is 0 Å². The molecule has 0 spiro atoms. The Labute approximate surface area is 446 Å². The Morgan fingerprint density at radius 3 is 0.875 bits per heavy atom. The number of benzene rings is 6. The van der Waals surface area contributed by atoms with Gasteiger partial charge < -0.3 is 0 Å². The number of allylic oxidation sites excluding steroid dienone is 2. The molecule has 0 saturated heterocycles. The molecule has 2 aliphatic rings. The van der Waals surface area contributed by atoms with Crippen LogP contribution in [0.1, 0.15) is 187 Å². The molecule has 2 aliphatic carbocycles. The summed E-state index contributed by atoms with van der Waals surface area (Å²) in [4.78, 5) is 0. The van der Waals surface area contributed by atoms with Crippen molar-refractivity contribution in [1.29, 1.82) is 0 Å². The van der Waals surface area contributed by atoms with Gasteiger partial charge >= 0.3 is 450 Å². The van der Waals surface area contributed by atoms with Gasteiger partial charge in [-0.15, -0.1) is 0 Å². The molecule has 2 atom stereocenters. The van der Waals surface area contributed by atoms with E-state index in [1.54, 1.807) is 0 Å². The van der Waals surface area contributed by atoms with Gasteiger partial charge in [0.15, 0.2) is 0 Å². The van der Waals surface area contributed by atoms with Crippen molar-refractivity contribution in [3.8, 4) is 44.5 Å². The van der Waals surface area contributed by atoms with E-state index in [1.807, 2.05) is 0 Å². The molecule has 6 aromatic rings. The van der Waals surface area contributed by atoms with Crippen LogP contribution in [0.4, 0.5) is 0 Å². The molecule has 0 saturated carbocycles. The van der Waals surface area contributed by atoms with Gasteiger partial charge in [-0.05, 0) is 0 Å². The van der Waals surface area contributed by atoms with Crippen LogP contribution in [0.15, 0.2) is 132 Å². The van der Waals surface area contributed by atoms with Gasteiger partial charge in [0, 0.05) is 0 Å². The van der Waals surface area contributed by atoms with Crippen LogP contribution in [0.3, 0.4) is 0 Å². The molecule has 379 valence electrons. The van der Waals surface area contributed by atoms with E-state index in [1.165, 1.54) is 100 Å². The number of unbranched alkanes of at least 4 members (excludes halogenated alkanes) is 2. The summed E-state index contributed by atoms with van der Waals surface area (Å²) in [5.74, 6) is -1.95. The van der Waals surface area contributed by atoms with Gasteiger partial charge in [0.05, 0.1) is 0 Å². The topological polar surface area (TPSA) is 0 Å². The Balaban J connectivity index is 1.47. The van der Waals surface area contributed by atoms with Crippen molar-refractivity contribution < 1.29 is 15.6 Å². The van der Waals surface area contributed by atoms with E-state index in [0.29, 0.717) is 0 Å².